The van der Waals surface area contributed by atoms with Crippen LogP contribution in [0.25, 0.3) is 11.3 Å². The van der Waals surface area contributed by atoms with Crippen molar-refractivity contribution in [1.29, 1.82) is 0 Å². The van der Waals surface area contributed by atoms with Crippen molar-refractivity contribution in [3.05, 3.63) is 53.3 Å². The number of methoxy groups -OCH3 is 2. The Morgan fingerprint density at radius 2 is 1.88 bits per heavy atom. The number of halogens is 1. The molecule has 2 aromatic heterocycles. The summed E-state index contributed by atoms with van der Waals surface area (Å²) in [7, 11) is 4.97. The summed E-state index contributed by atoms with van der Waals surface area (Å²) in [6.07, 6.45) is 5.00. The summed E-state index contributed by atoms with van der Waals surface area (Å²) in [6, 6.07) is 10.9. The van der Waals surface area contributed by atoms with Crippen LogP contribution in [-0.2, 0) is 7.05 Å². The third kappa shape index (κ3) is 5.39. The first-order valence-corrected chi connectivity index (χ1v) is 11.2. The second kappa shape index (κ2) is 10.1. The van der Waals surface area contributed by atoms with Gasteiger partial charge in [-0.05, 0) is 56.0 Å². The number of pyridine rings is 1. The van der Waals surface area contributed by atoms with Gasteiger partial charge in [-0.25, -0.2) is 4.98 Å². The van der Waals surface area contributed by atoms with Crippen LogP contribution >= 0.6 is 11.6 Å². The smallest absolute Gasteiger partial charge is 0.269 e. The van der Waals surface area contributed by atoms with E-state index in [0.29, 0.717) is 33.8 Å². The lowest BCUT2D eigenvalue weighted by Gasteiger charge is -2.29. The largest absolute Gasteiger partial charge is 0.497 e. The summed E-state index contributed by atoms with van der Waals surface area (Å²) in [4.78, 5) is 17.2. The maximum Gasteiger partial charge on any atom is 0.269 e. The highest BCUT2D eigenvalue weighted by molar-refractivity contribution is 6.30. The van der Waals surface area contributed by atoms with Crippen LogP contribution in [0, 0.1) is 0 Å². The third-order valence-corrected chi connectivity index (χ3v) is 6.02. The van der Waals surface area contributed by atoms with Gasteiger partial charge in [0.05, 0.1) is 24.9 Å². The molecule has 0 aliphatic heterocycles. The topological polar surface area (TPSA) is 87.5 Å². The maximum atomic E-state index is 13.0. The molecule has 1 aromatic carbocycles. The van der Waals surface area contributed by atoms with Crippen LogP contribution < -0.4 is 19.5 Å². The van der Waals surface area contributed by atoms with Crippen LogP contribution in [0.3, 0.4) is 0 Å². The van der Waals surface area contributed by atoms with Crippen molar-refractivity contribution < 1.29 is 19.0 Å². The van der Waals surface area contributed by atoms with E-state index in [2.05, 4.69) is 15.4 Å². The number of benzene rings is 1. The summed E-state index contributed by atoms with van der Waals surface area (Å²) < 4.78 is 18.3. The first-order valence-electron chi connectivity index (χ1n) is 10.8. The predicted octanol–water partition coefficient (Wildman–Crippen LogP) is 4.27. The Balaban J connectivity index is 1.38. The number of nitrogens with zero attached hydrogens (tertiary/aromatic N) is 3. The van der Waals surface area contributed by atoms with E-state index in [-0.39, 0.29) is 18.1 Å². The van der Waals surface area contributed by atoms with Gasteiger partial charge in [-0.2, -0.15) is 5.10 Å². The molecule has 0 spiro atoms. The van der Waals surface area contributed by atoms with Gasteiger partial charge in [0.25, 0.3) is 5.91 Å². The molecule has 33 heavy (non-hydrogen) atoms. The van der Waals surface area contributed by atoms with E-state index < -0.39 is 0 Å². The van der Waals surface area contributed by atoms with Crippen LogP contribution in [0.2, 0.25) is 5.02 Å². The van der Waals surface area contributed by atoms with Crippen LogP contribution in [-0.4, -0.2) is 47.0 Å². The molecule has 0 radical (unpaired) electrons. The number of rotatable bonds is 7. The fourth-order valence-corrected chi connectivity index (χ4v) is 4.12. The van der Waals surface area contributed by atoms with Crippen LogP contribution in [0.15, 0.2) is 42.6 Å². The van der Waals surface area contributed by atoms with Crippen LogP contribution in [0.4, 0.5) is 0 Å². The number of ether oxygens (including phenoxy) is 3. The molecule has 1 N–H and O–H groups in total. The van der Waals surface area contributed by atoms with E-state index in [0.717, 1.165) is 31.2 Å². The molecule has 3 aromatic rings. The Labute approximate surface area is 197 Å². The lowest BCUT2D eigenvalue weighted by Crippen LogP contribution is -2.40. The minimum absolute atomic E-state index is 0.0793. The number of nitrogens with one attached hydrogen (secondary N) is 1. The van der Waals surface area contributed by atoms with Gasteiger partial charge in [0.15, 0.2) is 0 Å². The number of amides is 1. The van der Waals surface area contributed by atoms with Gasteiger partial charge < -0.3 is 19.5 Å². The molecule has 1 fully saturated rings. The molecule has 0 bridgehead atoms. The highest BCUT2D eigenvalue weighted by Crippen LogP contribution is 2.33. The molecule has 4 rings (SSSR count). The summed E-state index contributed by atoms with van der Waals surface area (Å²) in [5.74, 6) is 1.77. The van der Waals surface area contributed by atoms with Crippen molar-refractivity contribution in [2.24, 2.45) is 7.05 Å². The fraction of sp³-hybridized carbons (Fsp3) is 0.375. The van der Waals surface area contributed by atoms with E-state index in [9.17, 15) is 4.79 Å². The molecule has 1 aliphatic rings. The zero-order valence-corrected chi connectivity index (χ0v) is 19.6. The second-order valence-electron chi connectivity index (χ2n) is 7.98. The molecule has 174 valence electrons. The van der Waals surface area contributed by atoms with Gasteiger partial charge >= 0.3 is 0 Å². The first kappa shape index (κ1) is 22.9. The predicted molar refractivity (Wildman–Crippen MR) is 125 cm³/mol. The number of hydrogen-bond donors (Lipinski definition) is 1. The van der Waals surface area contributed by atoms with E-state index in [4.69, 9.17) is 25.8 Å². The monoisotopic (exact) mass is 470 g/mol. The summed E-state index contributed by atoms with van der Waals surface area (Å²) >= 11 is 5.87. The Bertz CT molecular complexity index is 1110. The Kier molecular flexibility index (Phi) is 7.03. The van der Waals surface area contributed by atoms with Crippen molar-refractivity contribution in [2.45, 2.75) is 37.8 Å². The molecule has 9 heteroatoms. The molecule has 0 unspecified atom stereocenters. The van der Waals surface area contributed by atoms with Gasteiger partial charge in [0, 0.05) is 30.9 Å². The van der Waals surface area contributed by atoms with Gasteiger partial charge in [-0.1, -0.05) is 11.6 Å². The molecule has 0 atom stereocenters. The SMILES string of the molecule is COc1ccc(OC)c(-c2cc(C(=O)NC3CCC(Oc4ccc(Cl)cn4)CC3)n(C)n2)c1. The van der Waals surface area contributed by atoms with Crippen molar-refractivity contribution in [3.63, 3.8) is 0 Å². The maximum absolute atomic E-state index is 13.0. The van der Waals surface area contributed by atoms with E-state index >= 15 is 0 Å². The highest BCUT2D eigenvalue weighted by Gasteiger charge is 2.26. The quantitative estimate of drug-likeness (QED) is 0.554. The molecular formula is C24H27ClN4O4. The number of hydrogen-bond acceptors (Lipinski definition) is 6. The van der Waals surface area contributed by atoms with E-state index in [1.807, 2.05) is 18.2 Å². The Morgan fingerprint density at radius 1 is 1.09 bits per heavy atom. The lowest BCUT2D eigenvalue weighted by atomic mass is 9.93. The van der Waals surface area contributed by atoms with E-state index in [1.54, 1.807) is 50.3 Å². The normalized spacial score (nSPS) is 17.9. The molecule has 2 heterocycles. The minimum Gasteiger partial charge on any atom is -0.497 e. The van der Waals surface area contributed by atoms with Crippen molar-refractivity contribution in [2.75, 3.05) is 14.2 Å². The zero-order valence-electron chi connectivity index (χ0n) is 18.9. The van der Waals surface area contributed by atoms with Crippen molar-refractivity contribution in [1.82, 2.24) is 20.1 Å². The van der Waals surface area contributed by atoms with Crippen LogP contribution in [0.5, 0.6) is 17.4 Å². The number of carbonyl (C=O) groups is 1. The summed E-state index contributed by atoms with van der Waals surface area (Å²) in [5, 5.41) is 8.25. The van der Waals surface area contributed by atoms with Crippen molar-refractivity contribution in [3.8, 4) is 28.6 Å². The highest BCUT2D eigenvalue weighted by atomic mass is 35.5. The van der Waals surface area contributed by atoms with Crippen LogP contribution in [0.1, 0.15) is 36.2 Å². The standard InChI is InChI=1S/C24H27ClN4O4/c1-29-21(13-20(28-29)19-12-18(31-2)9-10-22(19)32-3)24(30)27-16-5-7-17(8-6-16)33-23-11-4-15(25)14-26-23/h4,9-14,16-17H,5-8H2,1-3H3,(H,27,30). The first-order chi connectivity index (χ1) is 16.0. The van der Waals surface area contributed by atoms with Crippen molar-refractivity contribution >= 4 is 17.5 Å². The molecule has 8 nitrogen and oxygen atoms in total. The number of carbonyl (C=O) groups excluding carboxylic acids is 1. The molecule has 1 saturated carbocycles. The van der Waals surface area contributed by atoms with Gasteiger partial charge in [-0.3, -0.25) is 9.48 Å². The molecular weight excluding hydrogens is 444 g/mol. The molecule has 1 aliphatic carbocycles. The number of aryl methyl sites for hydroxylation is 1. The Hall–Kier alpha value is -3.26. The third-order valence-electron chi connectivity index (χ3n) is 5.79. The molecule has 0 saturated heterocycles. The number of aromatic nitrogens is 3. The van der Waals surface area contributed by atoms with Gasteiger partial charge in [0.2, 0.25) is 5.88 Å². The van der Waals surface area contributed by atoms with Gasteiger partial charge in [0.1, 0.15) is 23.3 Å². The average molecular weight is 471 g/mol. The Morgan fingerprint density at radius 3 is 2.55 bits per heavy atom. The fourth-order valence-electron chi connectivity index (χ4n) is 4.01. The van der Waals surface area contributed by atoms with Gasteiger partial charge in [-0.15, -0.1) is 0 Å². The summed E-state index contributed by atoms with van der Waals surface area (Å²) in [6.45, 7) is 0. The zero-order chi connectivity index (χ0) is 23.4. The lowest BCUT2D eigenvalue weighted by molar-refractivity contribution is 0.0881. The molecule has 1 amide bonds. The summed E-state index contributed by atoms with van der Waals surface area (Å²) in [5.41, 5.74) is 1.89. The minimum atomic E-state index is -0.151. The van der Waals surface area contributed by atoms with E-state index in [1.165, 1.54) is 0 Å². The second-order valence-corrected chi connectivity index (χ2v) is 8.42. The average Bonchev–Trinajstić information content (AvgIpc) is 3.23.